The zero-order valence-corrected chi connectivity index (χ0v) is 9.60. The molecule has 0 saturated heterocycles. The summed E-state index contributed by atoms with van der Waals surface area (Å²) in [6.07, 6.45) is 1.96. The molecule has 0 saturated carbocycles. The topological polar surface area (TPSA) is 25.0 Å². The molecule has 2 nitrogen and oxygen atoms in total. The van der Waals surface area contributed by atoms with Crippen molar-refractivity contribution < 1.29 is 6.16 Å². The third-order valence-corrected chi connectivity index (χ3v) is 2.99. The normalized spacial score (nSPS) is 10.6. The van der Waals surface area contributed by atoms with E-state index in [1.807, 2.05) is 24.4 Å². The van der Waals surface area contributed by atoms with E-state index in [2.05, 4.69) is 35.3 Å². The molecule has 0 spiro atoms. The van der Waals surface area contributed by atoms with Gasteiger partial charge in [-0.25, -0.2) is 0 Å². The number of hydrogen-bond donors (Lipinski definition) is 1. The first-order chi connectivity index (χ1) is 8.40. The van der Waals surface area contributed by atoms with E-state index in [-0.39, 0.29) is 1.43 Å². The standard InChI is InChI=1S/C15H13NO.H2/c1-17-15-8-3-2-5-13(15)11-6-4-7-14-12(11)9-10-16-14;/h2-10,16H,1H3;1H. The molecule has 1 aromatic heterocycles. The highest BCUT2D eigenvalue weighted by molar-refractivity contribution is 5.96. The van der Waals surface area contributed by atoms with E-state index >= 15 is 0 Å². The summed E-state index contributed by atoms with van der Waals surface area (Å²) in [7, 11) is 1.70. The SMILES string of the molecule is COc1ccccc1-c1cccc2[nH]ccc12.[HH]. The molecule has 1 heterocycles. The Labute approximate surface area is 101 Å². The number of H-pyrrole nitrogens is 1. The molecule has 0 unspecified atom stereocenters. The largest absolute Gasteiger partial charge is 0.496 e. The van der Waals surface area contributed by atoms with Crippen LogP contribution in [-0.2, 0) is 0 Å². The Hall–Kier alpha value is -2.22. The Kier molecular flexibility index (Phi) is 2.33. The van der Waals surface area contributed by atoms with Crippen LogP contribution in [0.5, 0.6) is 5.75 Å². The minimum absolute atomic E-state index is 0. The molecule has 0 radical (unpaired) electrons. The Bertz CT molecular complexity index is 660. The van der Waals surface area contributed by atoms with Crippen LogP contribution in [0.4, 0.5) is 0 Å². The maximum absolute atomic E-state index is 5.42. The first-order valence-corrected chi connectivity index (χ1v) is 5.59. The monoisotopic (exact) mass is 225 g/mol. The van der Waals surface area contributed by atoms with Gasteiger partial charge in [0.1, 0.15) is 5.75 Å². The number of hydrogen-bond acceptors (Lipinski definition) is 1. The summed E-state index contributed by atoms with van der Waals surface area (Å²) >= 11 is 0. The van der Waals surface area contributed by atoms with Crippen molar-refractivity contribution in [2.24, 2.45) is 0 Å². The lowest BCUT2D eigenvalue weighted by molar-refractivity contribution is 0.416. The second-order valence-electron chi connectivity index (χ2n) is 3.94. The predicted molar refractivity (Wildman–Crippen MR) is 72.4 cm³/mol. The van der Waals surface area contributed by atoms with Gasteiger partial charge in [-0.1, -0.05) is 30.3 Å². The van der Waals surface area contributed by atoms with Gasteiger partial charge in [0, 0.05) is 24.1 Å². The highest BCUT2D eigenvalue weighted by atomic mass is 16.5. The summed E-state index contributed by atoms with van der Waals surface area (Å²) in [5, 5.41) is 1.22. The van der Waals surface area contributed by atoms with Crippen molar-refractivity contribution in [2.75, 3.05) is 7.11 Å². The summed E-state index contributed by atoms with van der Waals surface area (Å²) in [4.78, 5) is 3.23. The molecule has 0 aliphatic rings. The van der Waals surface area contributed by atoms with Crippen molar-refractivity contribution in [1.29, 1.82) is 0 Å². The number of nitrogens with one attached hydrogen (secondary N) is 1. The van der Waals surface area contributed by atoms with Gasteiger partial charge in [-0.3, -0.25) is 0 Å². The number of aromatic amines is 1. The van der Waals surface area contributed by atoms with Crippen LogP contribution < -0.4 is 4.74 Å². The minimum Gasteiger partial charge on any atom is -0.496 e. The zero-order valence-electron chi connectivity index (χ0n) is 9.60. The number of methoxy groups -OCH3 is 1. The number of aromatic nitrogens is 1. The van der Waals surface area contributed by atoms with Crippen LogP contribution in [0.1, 0.15) is 1.43 Å². The smallest absolute Gasteiger partial charge is 0.126 e. The van der Waals surface area contributed by atoms with Gasteiger partial charge < -0.3 is 9.72 Å². The second-order valence-corrected chi connectivity index (χ2v) is 3.94. The number of para-hydroxylation sites is 1. The van der Waals surface area contributed by atoms with Gasteiger partial charge in [0.15, 0.2) is 0 Å². The van der Waals surface area contributed by atoms with Gasteiger partial charge in [0.25, 0.3) is 0 Å². The molecule has 3 aromatic rings. The lowest BCUT2D eigenvalue weighted by Crippen LogP contribution is -1.87. The van der Waals surface area contributed by atoms with Crippen molar-refractivity contribution in [2.45, 2.75) is 0 Å². The summed E-state index contributed by atoms with van der Waals surface area (Å²) in [6, 6.07) is 16.4. The lowest BCUT2D eigenvalue weighted by Gasteiger charge is -2.09. The molecule has 0 atom stereocenters. The van der Waals surface area contributed by atoms with Gasteiger partial charge in [0.2, 0.25) is 0 Å². The molecule has 0 aliphatic carbocycles. The molecule has 0 bridgehead atoms. The van der Waals surface area contributed by atoms with Crippen molar-refractivity contribution in [1.82, 2.24) is 4.98 Å². The molecule has 0 fully saturated rings. The highest BCUT2D eigenvalue weighted by Gasteiger charge is 2.08. The molecule has 2 heteroatoms. The molecule has 0 amide bonds. The zero-order chi connectivity index (χ0) is 11.7. The number of rotatable bonds is 2. The molecule has 0 aliphatic heterocycles. The summed E-state index contributed by atoms with van der Waals surface area (Å²) in [5.41, 5.74) is 3.47. The maximum Gasteiger partial charge on any atom is 0.126 e. The maximum atomic E-state index is 5.42. The Morgan fingerprint density at radius 3 is 2.65 bits per heavy atom. The highest BCUT2D eigenvalue weighted by Crippen LogP contribution is 2.34. The number of benzene rings is 2. The van der Waals surface area contributed by atoms with Gasteiger partial charge in [0.05, 0.1) is 7.11 Å². The van der Waals surface area contributed by atoms with Crippen molar-refractivity contribution in [3.8, 4) is 16.9 Å². The van der Waals surface area contributed by atoms with E-state index in [4.69, 9.17) is 4.74 Å². The Morgan fingerprint density at radius 1 is 0.941 bits per heavy atom. The third kappa shape index (κ3) is 1.58. The van der Waals surface area contributed by atoms with Gasteiger partial charge in [-0.05, 0) is 23.8 Å². The first kappa shape index (κ1) is 9.97. The van der Waals surface area contributed by atoms with Gasteiger partial charge >= 0.3 is 0 Å². The molecule has 1 N–H and O–H groups in total. The fraction of sp³-hybridized carbons (Fsp3) is 0.0667. The van der Waals surface area contributed by atoms with Gasteiger partial charge in [-0.15, -0.1) is 0 Å². The van der Waals surface area contributed by atoms with Crippen LogP contribution in [0.2, 0.25) is 0 Å². The number of fused-ring (bicyclic) bond motifs is 1. The van der Waals surface area contributed by atoms with Crippen LogP contribution in [0.15, 0.2) is 54.7 Å². The van der Waals surface area contributed by atoms with Crippen LogP contribution in [0, 0.1) is 0 Å². The molecule has 2 aromatic carbocycles. The van der Waals surface area contributed by atoms with Crippen LogP contribution in [-0.4, -0.2) is 12.1 Å². The van der Waals surface area contributed by atoms with E-state index in [0.717, 1.165) is 16.8 Å². The van der Waals surface area contributed by atoms with E-state index < -0.39 is 0 Å². The predicted octanol–water partition coefficient (Wildman–Crippen LogP) is 4.09. The fourth-order valence-electron chi connectivity index (χ4n) is 2.19. The van der Waals surface area contributed by atoms with E-state index in [1.54, 1.807) is 7.11 Å². The van der Waals surface area contributed by atoms with E-state index in [0.29, 0.717) is 0 Å². The van der Waals surface area contributed by atoms with Gasteiger partial charge in [-0.2, -0.15) is 0 Å². The van der Waals surface area contributed by atoms with Crippen LogP contribution in [0.3, 0.4) is 0 Å². The molecular weight excluding hydrogens is 210 g/mol. The minimum atomic E-state index is 0. The average molecular weight is 225 g/mol. The van der Waals surface area contributed by atoms with Crippen LogP contribution in [0.25, 0.3) is 22.0 Å². The Morgan fingerprint density at radius 2 is 1.76 bits per heavy atom. The van der Waals surface area contributed by atoms with E-state index in [1.165, 1.54) is 10.9 Å². The summed E-state index contributed by atoms with van der Waals surface area (Å²) < 4.78 is 5.42. The van der Waals surface area contributed by atoms with E-state index in [9.17, 15) is 0 Å². The van der Waals surface area contributed by atoms with Crippen molar-refractivity contribution >= 4 is 10.9 Å². The quantitative estimate of drug-likeness (QED) is 0.698. The number of ether oxygens (including phenoxy) is 1. The molecule has 86 valence electrons. The van der Waals surface area contributed by atoms with Crippen molar-refractivity contribution in [3.63, 3.8) is 0 Å². The summed E-state index contributed by atoms with van der Waals surface area (Å²) in [6.45, 7) is 0. The summed E-state index contributed by atoms with van der Waals surface area (Å²) in [5.74, 6) is 0.904. The Balaban J connectivity index is 0.00000120. The lowest BCUT2D eigenvalue weighted by atomic mass is 10.0. The molecule has 3 rings (SSSR count). The average Bonchev–Trinajstić information content (AvgIpc) is 2.86. The van der Waals surface area contributed by atoms with Crippen LogP contribution >= 0.6 is 0 Å². The first-order valence-electron chi connectivity index (χ1n) is 5.59. The second kappa shape index (κ2) is 3.98. The third-order valence-electron chi connectivity index (χ3n) is 2.99. The fourth-order valence-corrected chi connectivity index (χ4v) is 2.19. The molecule has 17 heavy (non-hydrogen) atoms. The molecular formula is C15H15NO. The van der Waals surface area contributed by atoms with Crippen molar-refractivity contribution in [3.05, 3.63) is 54.7 Å².